The number of primary sulfonamides is 1. The molecule has 26 heavy (non-hydrogen) atoms. The van der Waals surface area contributed by atoms with Crippen LogP contribution < -0.4 is 20.5 Å². The van der Waals surface area contributed by atoms with Gasteiger partial charge in [0.2, 0.25) is 10.0 Å². The monoisotopic (exact) mass is 376 g/mol. The molecule has 4 N–H and O–H groups in total. The first-order valence-electron chi connectivity index (χ1n) is 8.03. The molecule has 0 saturated heterocycles. The van der Waals surface area contributed by atoms with Crippen LogP contribution in [0.4, 0.5) is 0 Å². The lowest BCUT2D eigenvalue weighted by Gasteiger charge is -2.14. The number of guanidine groups is 1. The van der Waals surface area contributed by atoms with E-state index in [4.69, 9.17) is 9.88 Å². The second kappa shape index (κ2) is 8.68. The fraction of sp³-hybridized carbons (Fsp3) is 0.278. The highest BCUT2D eigenvalue weighted by Crippen LogP contribution is 2.19. The van der Waals surface area contributed by atoms with Crippen LogP contribution in [0.25, 0.3) is 0 Å². The first kappa shape index (κ1) is 19.7. The zero-order valence-corrected chi connectivity index (χ0v) is 15.9. The fourth-order valence-electron chi connectivity index (χ4n) is 2.38. The molecule has 0 amide bonds. The number of nitrogens with two attached hydrogens (primary N) is 1. The number of benzene rings is 2. The van der Waals surface area contributed by atoms with Gasteiger partial charge in [-0.25, -0.2) is 13.6 Å². The summed E-state index contributed by atoms with van der Waals surface area (Å²) in [6.07, 6.45) is 0. The smallest absolute Gasteiger partial charge is 0.238 e. The molecule has 0 aliphatic heterocycles. The van der Waals surface area contributed by atoms with E-state index < -0.39 is 10.0 Å². The predicted octanol–water partition coefficient (Wildman–Crippen LogP) is 1.52. The first-order valence-corrected chi connectivity index (χ1v) is 9.58. The Kier molecular flexibility index (Phi) is 6.59. The number of nitrogens with one attached hydrogen (secondary N) is 2. The minimum atomic E-state index is -3.67. The highest BCUT2D eigenvalue weighted by Gasteiger charge is 2.07. The van der Waals surface area contributed by atoms with Crippen LogP contribution in [-0.4, -0.2) is 28.5 Å². The number of methoxy groups -OCH3 is 1. The number of ether oxygens (including phenoxy) is 1. The molecule has 2 aromatic rings. The molecule has 0 radical (unpaired) electrons. The van der Waals surface area contributed by atoms with E-state index in [0.29, 0.717) is 19.0 Å². The normalized spacial score (nSPS) is 11.9. The lowest BCUT2D eigenvalue weighted by Crippen LogP contribution is -2.36. The number of nitrogens with zero attached hydrogens (tertiary/aromatic N) is 1. The van der Waals surface area contributed by atoms with Gasteiger partial charge in [0.15, 0.2) is 5.96 Å². The summed E-state index contributed by atoms with van der Waals surface area (Å²) in [6, 6.07) is 12.4. The Hall–Kier alpha value is -2.58. The van der Waals surface area contributed by atoms with Crippen molar-refractivity contribution in [2.24, 2.45) is 10.1 Å². The van der Waals surface area contributed by atoms with Gasteiger partial charge in [0.25, 0.3) is 0 Å². The minimum absolute atomic E-state index is 0.0928. The van der Waals surface area contributed by atoms with E-state index >= 15 is 0 Å². The second-order valence-electron chi connectivity index (χ2n) is 5.78. The SMILES string of the molecule is CN=C(NCc1ccc(S(N)(=O)=O)cc1)NCc1ccc(C)cc1OC. The van der Waals surface area contributed by atoms with Crippen LogP contribution in [0.1, 0.15) is 16.7 Å². The summed E-state index contributed by atoms with van der Waals surface area (Å²) in [5.74, 6) is 1.45. The van der Waals surface area contributed by atoms with E-state index in [1.54, 1.807) is 26.3 Å². The van der Waals surface area contributed by atoms with E-state index in [2.05, 4.69) is 15.6 Å². The third-order valence-electron chi connectivity index (χ3n) is 3.82. The average molecular weight is 376 g/mol. The molecule has 0 aromatic heterocycles. The van der Waals surface area contributed by atoms with E-state index in [0.717, 1.165) is 22.4 Å². The van der Waals surface area contributed by atoms with Crippen LogP contribution in [0.15, 0.2) is 52.4 Å². The molecule has 0 heterocycles. The molecule has 0 spiro atoms. The van der Waals surface area contributed by atoms with Gasteiger partial charge in [0.1, 0.15) is 5.75 Å². The van der Waals surface area contributed by atoms with Gasteiger partial charge in [-0.3, -0.25) is 4.99 Å². The Labute approximate surface area is 154 Å². The molecule has 0 fully saturated rings. The summed E-state index contributed by atoms with van der Waals surface area (Å²) < 4.78 is 27.9. The van der Waals surface area contributed by atoms with Crippen molar-refractivity contribution in [3.63, 3.8) is 0 Å². The van der Waals surface area contributed by atoms with Gasteiger partial charge in [0, 0.05) is 25.7 Å². The number of hydrogen-bond donors (Lipinski definition) is 3. The Morgan fingerprint density at radius 2 is 1.77 bits per heavy atom. The number of aryl methyl sites for hydroxylation is 1. The van der Waals surface area contributed by atoms with E-state index in [1.807, 2.05) is 25.1 Å². The molecule has 0 aliphatic carbocycles. The Morgan fingerprint density at radius 3 is 2.35 bits per heavy atom. The summed E-state index contributed by atoms with van der Waals surface area (Å²) in [6.45, 7) is 3.07. The summed E-state index contributed by atoms with van der Waals surface area (Å²) in [7, 11) is -0.337. The first-order chi connectivity index (χ1) is 12.3. The molecule has 140 valence electrons. The molecular weight excluding hydrogens is 352 g/mol. The molecule has 0 bridgehead atoms. The van der Waals surface area contributed by atoms with Gasteiger partial charge in [-0.1, -0.05) is 24.3 Å². The zero-order chi connectivity index (χ0) is 19.2. The number of aliphatic imine (C=N–C) groups is 1. The number of sulfonamides is 1. The lowest BCUT2D eigenvalue weighted by atomic mass is 10.1. The fourth-order valence-corrected chi connectivity index (χ4v) is 2.90. The Balaban J connectivity index is 1.94. The van der Waals surface area contributed by atoms with Crippen LogP contribution in [-0.2, 0) is 23.1 Å². The highest BCUT2D eigenvalue weighted by atomic mass is 32.2. The molecular formula is C18H24N4O3S. The highest BCUT2D eigenvalue weighted by molar-refractivity contribution is 7.89. The summed E-state index contributed by atoms with van der Waals surface area (Å²) in [4.78, 5) is 4.28. The largest absolute Gasteiger partial charge is 0.496 e. The zero-order valence-electron chi connectivity index (χ0n) is 15.1. The maximum absolute atomic E-state index is 11.3. The van der Waals surface area contributed by atoms with Crippen molar-refractivity contribution in [1.82, 2.24) is 10.6 Å². The van der Waals surface area contributed by atoms with Gasteiger partial charge in [-0.2, -0.15) is 0 Å². The molecule has 2 rings (SSSR count). The lowest BCUT2D eigenvalue weighted by molar-refractivity contribution is 0.408. The van der Waals surface area contributed by atoms with Crippen LogP contribution in [0, 0.1) is 6.92 Å². The van der Waals surface area contributed by atoms with Crippen molar-refractivity contribution in [1.29, 1.82) is 0 Å². The van der Waals surface area contributed by atoms with E-state index in [1.165, 1.54) is 12.1 Å². The second-order valence-corrected chi connectivity index (χ2v) is 7.35. The maximum Gasteiger partial charge on any atom is 0.238 e. The van der Waals surface area contributed by atoms with Crippen molar-refractivity contribution in [2.45, 2.75) is 24.9 Å². The standard InChI is InChI=1S/C18H24N4O3S/c1-13-4-7-15(17(10-13)25-3)12-22-18(20-2)21-11-14-5-8-16(9-6-14)26(19,23)24/h4-10H,11-12H2,1-3H3,(H2,19,23,24)(H2,20,21,22). The Morgan fingerprint density at radius 1 is 1.12 bits per heavy atom. The molecule has 7 nitrogen and oxygen atoms in total. The molecule has 8 heteroatoms. The number of hydrogen-bond acceptors (Lipinski definition) is 4. The van der Waals surface area contributed by atoms with Gasteiger partial charge in [0.05, 0.1) is 12.0 Å². The van der Waals surface area contributed by atoms with Crippen LogP contribution >= 0.6 is 0 Å². The maximum atomic E-state index is 11.3. The van der Waals surface area contributed by atoms with Crippen molar-refractivity contribution in [2.75, 3.05) is 14.2 Å². The van der Waals surface area contributed by atoms with Crippen molar-refractivity contribution in [3.05, 3.63) is 59.2 Å². The molecule has 0 atom stereocenters. The summed E-state index contributed by atoms with van der Waals surface area (Å²) in [5, 5.41) is 11.5. The van der Waals surface area contributed by atoms with Crippen molar-refractivity contribution >= 4 is 16.0 Å². The van der Waals surface area contributed by atoms with Crippen LogP contribution in [0.2, 0.25) is 0 Å². The van der Waals surface area contributed by atoms with Gasteiger partial charge < -0.3 is 15.4 Å². The number of rotatable bonds is 6. The van der Waals surface area contributed by atoms with Crippen LogP contribution in [0.3, 0.4) is 0 Å². The molecule has 0 unspecified atom stereocenters. The van der Waals surface area contributed by atoms with Crippen molar-refractivity contribution in [3.8, 4) is 5.75 Å². The quantitative estimate of drug-likeness (QED) is 0.523. The van der Waals surface area contributed by atoms with E-state index in [-0.39, 0.29) is 4.90 Å². The summed E-state index contributed by atoms with van der Waals surface area (Å²) in [5.41, 5.74) is 3.07. The van der Waals surface area contributed by atoms with Gasteiger partial charge in [-0.05, 0) is 36.2 Å². The van der Waals surface area contributed by atoms with Gasteiger partial charge >= 0.3 is 0 Å². The average Bonchev–Trinajstić information content (AvgIpc) is 2.62. The summed E-state index contributed by atoms with van der Waals surface area (Å²) >= 11 is 0. The van der Waals surface area contributed by atoms with Crippen LogP contribution in [0.5, 0.6) is 5.75 Å². The predicted molar refractivity (Wildman–Crippen MR) is 103 cm³/mol. The third-order valence-corrected chi connectivity index (χ3v) is 4.75. The Bertz CT molecular complexity index is 878. The van der Waals surface area contributed by atoms with Gasteiger partial charge in [-0.15, -0.1) is 0 Å². The molecule has 2 aromatic carbocycles. The van der Waals surface area contributed by atoms with Crippen molar-refractivity contribution < 1.29 is 13.2 Å². The minimum Gasteiger partial charge on any atom is -0.496 e. The molecule has 0 saturated carbocycles. The topological polar surface area (TPSA) is 106 Å². The third kappa shape index (κ3) is 5.47. The van der Waals surface area contributed by atoms with E-state index in [9.17, 15) is 8.42 Å². The molecule has 0 aliphatic rings.